The van der Waals surface area contributed by atoms with Crippen molar-refractivity contribution >= 4 is 11.3 Å². The molecule has 15 heavy (non-hydrogen) atoms. The SMILES string of the molecule is CN1CCCC(NCCc2nccs2)C1. The summed E-state index contributed by atoms with van der Waals surface area (Å²) < 4.78 is 0. The second kappa shape index (κ2) is 5.58. The third-order valence-electron chi connectivity index (χ3n) is 2.88. The Morgan fingerprint density at radius 2 is 2.60 bits per heavy atom. The number of likely N-dealkylation sites (N-methyl/N-ethyl adjacent to an activating group) is 1. The van der Waals surface area contributed by atoms with Gasteiger partial charge in [0.15, 0.2) is 0 Å². The first-order chi connectivity index (χ1) is 7.34. The molecule has 0 aromatic carbocycles. The van der Waals surface area contributed by atoms with Crippen LogP contribution in [0.25, 0.3) is 0 Å². The fourth-order valence-corrected chi connectivity index (χ4v) is 2.71. The summed E-state index contributed by atoms with van der Waals surface area (Å²) in [5, 5.41) is 6.90. The predicted octanol–water partition coefficient (Wildman–Crippen LogP) is 1.37. The highest BCUT2D eigenvalue weighted by atomic mass is 32.1. The van der Waals surface area contributed by atoms with Crippen molar-refractivity contribution < 1.29 is 0 Å². The zero-order valence-electron chi connectivity index (χ0n) is 9.28. The van der Waals surface area contributed by atoms with Crippen molar-refractivity contribution in [3.63, 3.8) is 0 Å². The number of rotatable bonds is 4. The smallest absolute Gasteiger partial charge is 0.0937 e. The van der Waals surface area contributed by atoms with Gasteiger partial charge in [0.05, 0.1) is 5.01 Å². The van der Waals surface area contributed by atoms with Gasteiger partial charge in [-0.1, -0.05) is 0 Å². The van der Waals surface area contributed by atoms with Gasteiger partial charge in [-0.05, 0) is 26.4 Å². The first kappa shape index (κ1) is 11.0. The zero-order valence-corrected chi connectivity index (χ0v) is 10.1. The number of piperidine rings is 1. The molecule has 1 atom stereocenters. The minimum absolute atomic E-state index is 0.684. The molecule has 0 aliphatic carbocycles. The van der Waals surface area contributed by atoms with Gasteiger partial charge in [0.1, 0.15) is 0 Å². The fourth-order valence-electron chi connectivity index (χ4n) is 2.09. The summed E-state index contributed by atoms with van der Waals surface area (Å²) >= 11 is 1.75. The van der Waals surface area contributed by atoms with Gasteiger partial charge in [0.25, 0.3) is 0 Å². The van der Waals surface area contributed by atoms with Crippen LogP contribution in [0.3, 0.4) is 0 Å². The standard InChI is InChI=1S/C11H19N3S/c1-14-7-2-3-10(9-14)12-5-4-11-13-6-8-15-11/h6,8,10,12H,2-5,7,9H2,1H3. The summed E-state index contributed by atoms with van der Waals surface area (Å²) in [6.07, 6.45) is 5.60. The van der Waals surface area contributed by atoms with Crippen molar-refractivity contribution in [2.24, 2.45) is 0 Å². The van der Waals surface area contributed by atoms with Crippen molar-refractivity contribution in [2.75, 3.05) is 26.7 Å². The summed E-state index contributed by atoms with van der Waals surface area (Å²) in [6.45, 7) is 3.51. The van der Waals surface area contributed by atoms with Crippen LogP contribution in [0.4, 0.5) is 0 Å². The van der Waals surface area contributed by atoms with E-state index in [1.807, 2.05) is 11.6 Å². The van der Waals surface area contributed by atoms with Gasteiger partial charge >= 0.3 is 0 Å². The van der Waals surface area contributed by atoms with Crippen LogP contribution in [0, 0.1) is 0 Å². The van der Waals surface area contributed by atoms with E-state index >= 15 is 0 Å². The van der Waals surface area contributed by atoms with Crippen LogP contribution in [0.1, 0.15) is 17.8 Å². The molecular formula is C11H19N3S. The van der Waals surface area contributed by atoms with Gasteiger partial charge in [0.2, 0.25) is 0 Å². The topological polar surface area (TPSA) is 28.2 Å². The molecule has 1 aromatic heterocycles. The summed E-state index contributed by atoms with van der Waals surface area (Å²) in [6, 6.07) is 0.684. The maximum atomic E-state index is 4.28. The Kier molecular flexibility index (Phi) is 4.11. The zero-order chi connectivity index (χ0) is 10.5. The molecule has 1 aliphatic rings. The monoisotopic (exact) mass is 225 g/mol. The maximum absolute atomic E-state index is 4.28. The largest absolute Gasteiger partial charge is 0.312 e. The van der Waals surface area contributed by atoms with Crippen LogP contribution in [-0.2, 0) is 6.42 Å². The van der Waals surface area contributed by atoms with Crippen LogP contribution in [0.5, 0.6) is 0 Å². The Labute approximate surface area is 95.5 Å². The fraction of sp³-hybridized carbons (Fsp3) is 0.727. The molecule has 0 saturated carbocycles. The van der Waals surface area contributed by atoms with E-state index in [0.29, 0.717) is 6.04 Å². The highest BCUT2D eigenvalue weighted by Crippen LogP contribution is 2.08. The quantitative estimate of drug-likeness (QED) is 0.839. The summed E-state index contributed by atoms with van der Waals surface area (Å²) in [7, 11) is 2.20. The molecule has 1 fully saturated rings. The Bertz CT molecular complexity index is 273. The van der Waals surface area contributed by atoms with E-state index in [-0.39, 0.29) is 0 Å². The minimum Gasteiger partial charge on any atom is -0.312 e. The van der Waals surface area contributed by atoms with Crippen LogP contribution in [0.2, 0.25) is 0 Å². The van der Waals surface area contributed by atoms with Crippen molar-refractivity contribution in [1.29, 1.82) is 0 Å². The number of thiazole rings is 1. The number of aromatic nitrogens is 1. The van der Waals surface area contributed by atoms with E-state index in [1.54, 1.807) is 11.3 Å². The molecule has 1 saturated heterocycles. The Morgan fingerprint density at radius 1 is 1.67 bits per heavy atom. The van der Waals surface area contributed by atoms with Gasteiger partial charge in [-0.2, -0.15) is 0 Å². The first-order valence-electron chi connectivity index (χ1n) is 5.65. The maximum Gasteiger partial charge on any atom is 0.0937 e. The molecule has 1 N–H and O–H groups in total. The average Bonchev–Trinajstić information content (AvgIpc) is 2.71. The summed E-state index contributed by atoms with van der Waals surface area (Å²) in [5.41, 5.74) is 0. The number of hydrogen-bond donors (Lipinski definition) is 1. The van der Waals surface area contributed by atoms with Gasteiger partial charge in [0, 0.05) is 37.1 Å². The third-order valence-corrected chi connectivity index (χ3v) is 3.72. The second-order valence-electron chi connectivity index (χ2n) is 4.23. The molecule has 1 aliphatic heterocycles. The lowest BCUT2D eigenvalue weighted by Gasteiger charge is -2.30. The number of nitrogens with one attached hydrogen (secondary N) is 1. The number of likely N-dealkylation sites (tertiary alicyclic amines) is 1. The molecule has 1 unspecified atom stereocenters. The lowest BCUT2D eigenvalue weighted by molar-refractivity contribution is 0.228. The highest BCUT2D eigenvalue weighted by molar-refractivity contribution is 7.09. The van der Waals surface area contributed by atoms with E-state index in [2.05, 4.69) is 22.2 Å². The Hall–Kier alpha value is -0.450. The first-order valence-corrected chi connectivity index (χ1v) is 6.53. The van der Waals surface area contributed by atoms with Gasteiger partial charge in [-0.15, -0.1) is 11.3 Å². The minimum atomic E-state index is 0.684. The Morgan fingerprint density at radius 3 is 3.33 bits per heavy atom. The number of hydrogen-bond acceptors (Lipinski definition) is 4. The van der Waals surface area contributed by atoms with Gasteiger partial charge in [-0.3, -0.25) is 0 Å². The molecule has 84 valence electrons. The summed E-state index contributed by atoms with van der Waals surface area (Å²) in [4.78, 5) is 6.69. The van der Waals surface area contributed by atoms with Crippen molar-refractivity contribution in [2.45, 2.75) is 25.3 Å². The van der Waals surface area contributed by atoms with E-state index in [1.165, 1.54) is 30.9 Å². The molecule has 2 rings (SSSR count). The van der Waals surface area contributed by atoms with Crippen molar-refractivity contribution in [3.8, 4) is 0 Å². The molecule has 1 aromatic rings. The molecule has 2 heterocycles. The van der Waals surface area contributed by atoms with Crippen LogP contribution in [0.15, 0.2) is 11.6 Å². The average molecular weight is 225 g/mol. The molecule has 0 radical (unpaired) electrons. The molecule has 0 spiro atoms. The van der Waals surface area contributed by atoms with Crippen LogP contribution >= 0.6 is 11.3 Å². The molecule has 3 nitrogen and oxygen atoms in total. The van der Waals surface area contributed by atoms with E-state index in [9.17, 15) is 0 Å². The Balaban J connectivity index is 1.65. The predicted molar refractivity (Wildman–Crippen MR) is 64.3 cm³/mol. The van der Waals surface area contributed by atoms with Gasteiger partial charge < -0.3 is 10.2 Å². The lowest BCUT2D eigenvalue weighted by Crippen LogP contribution is -2.44. The van der Waals surface area contributed by atoms with Crippen molar-refractivity contribution in [3.05, 3.63) is 16.6 Å². The third kappa shape index (κ3) is 3.55. The molecule has 0 bridgehead atoms. The van der Waals surface area contributed by atoms with Gasteiger partial charge in [-0.25, -0.2) is 4.98 Å². The van der Waals surface area contributed by atoms with E-state index in [0.717, 1.165) is 13.0 Å². The molecule has 4 heteroatoms. The highest BCUT2D eigenvalue weighted by Gasteiger charge is 2.15. The van der Waals surface area contributed by atoms with Crippen LogP contribution < -0.4 is 5.32 Å². The van der Waals surface area contributed by atoms with Crippen LogP contribution in [-0.4, -0.2) is 42.6 Å². The second-order valence-corrected chi connectivity index (χ2v) is 5.21. The number of nitrogens with zero attached hydrogens (tertiary/aromatic N) is 2. The summed E-state index contributed by atoms with van der Waals surface area (Å²) in [5.74, 6) is 0. The molecular weight excluding hydrogens is 206 g/mol. The van der Waals surface area contributed by atoms with E-state index in [4.69, 9.17) is 0 Å². The lowest BCUT2D eigenvalue weighted by atomic mass is 10.1. The normalized spacial score (nSPS) is 23.1. The molecule has 0 amide bonds. The van der Waals surface area contributed by atoms with E-state index < -0.39 is 0 Å². The van der Waals surface area contributed by atoms with Crippen molar-refractivity contribution in [1.82, 2.24) is 15.2 Å².